The molecule has 0 aromatic rings. The van der Waals surface area contributed by atoms with Gasteiger partial charge in [0, 0.05) is 12.8 Å². The van der Waals surface area contributed by atoms with Crippen molar-refractivity contribution in [2.45, 2.75) is 71.1 Å². The van der Waals surface area contributed by atoms with Gasteiger partial charge in [-0.05, 0) is 44.6 Å². The summed E-state index contributed by atoms with van der Waals surface area (Å²) in [6, 6.07) is 0. The van der Waals surface area contributed by atoms with Crippen LogP contribution in [0.25, 0.3) is 0 Å². The monoisotopic (exact) mass is 336 g/mol. The van der Waals surface area contributed by atoms with Crippen molar-refractivity contribution in [2.24, 2.45) is 0 Å². The Kier molecular flexibility index (Phi) is 16.2. The van der Waals surface area contributed by atoms with E-state index in [4.69, 9.17) is 10.4 Å². The van der Waals surface area contributed by atoms with E-state index in [-0.39, 0.29) is 6.42 Å². The molecule has 0 saturated carbocycles. The van der Waals surface area contributed by atoms with E-state index < -0.39 is 5.97 Å². The number of hydrogen-bond acceptors (Lipinski definition) is 3. The zero-order valence-electron chi connectivity index (χ0n) is 14.8. The van der Waals surface area contributed by atoms with E-state index in [1.54, 1.807) is 0 Å². The van der Waals surface area contributed by atoms with Crippen molar-refractivity contribution in [3.05, 3.63) is 48.3 Å². The van der Waals surface area contributed by atoms with Crippen LogP contribution in [0.1, 0.15) is 71.1 Å². The first-order valence-electron chi connectivity index (χ1n) is 8.89. The average molecular weight is 336 g/mol. The van der Waals surface area contributed by atoms with Gasteiger partial charge in [-0.3, -0.25) is 4.79 Å². The lowest BCUT2D eigenvalue weighted by molar-refractivity contribution is -0.204. The van der Waals surface area contributed by atoms with Crippen LogP contribution in [-0.2, 0) is 9.68 Å². The number of rotatable bonds is 15. The van der Waals surface area contributed by atoms with Crippen molar-refractivity contribution in [3.8, 4) is 0 Å². The predicted octanol–water partition coefficient (Wildman–Crippen LogP) is 6.03. The summed E-state index contributed by atoms with van der Waals surface area (Å²) in [5, 5.41) is 17.4. The van der Waals surface area contributed by atoms with Crippen LogP contribution < -0.4 is 0 Å². The molecule has 0 aromatic heterocycles. The molecule has 0 radical (unpaired) electrons. The van der Waals surface area contributed by atoms with Crippen LogP contribution >= 0.6 is 0 Å². The molecule has 0 aromatic carbocycles. The highest BCUT2D eigenvalue weighted by molar-refractivity contribution is 5.66. The largest absolute Gasteiger partial charge is 0.481 e. The number of carboxylic acid groups (broad SMARTS) is 1. The molecule has 4 nitrogen and oxygen atoms in total. The average Bonchev–Trinajstić information content (AvgIpc) is 2.57. The Morgan fingerprint density at radius 1 is 0.958 bits per heavy atom. The summed E-state index contributed by atoms with van der Waals surface area (Å²) in [7, 11) is 0. The molecule has 4 heteroatoms. The summed E-state index contributed by atoms with van der Waals surface area (Å²) in [5.41, 5.74) is 0. The van der Waals surface area contributed by atoms with E-state index in [1.165, 1.54) is 19.3 Å². The molecule has 0 rings (SSSR count). The van der Waals surface area contributed by atoms with E-state index in [0.29, 0.717) is 18.6 Å². The lowest BCUT2D eigenvalue weighted by atomic mass is 10.2. The fraction of sp³-hybridized carbons (Fsp3) is 0.550. The second-order valence-electron chi connectivity index (χ2n) is 5.66. The molecule has 0 unspecified atom stereocenters. The van der Waals surface area contributed by atoms with Crippen molar-refractivity contribution < 1.29 is 20.0 Å². The molecular weight excluding hydrogens is 304 g/mol. The van der Waals surface area contributed by atoms with Gasteiger partial charge in [-0.15, -0.1) is 0 Å². The minimum absolute atomic E-state index is 0.242. The first-order chi connectivity index (χ1) is 11.7. The van der Waals surface area contributed by atoms with Crippen LogP contribution in [0.3, 0.4) is 0 Å². The number of carbonyl (C=O) groups is 1. The number of carboxylic acids is 1. The Balaban J connectivity index is 3.81. The maximum atomic E-state index is 10.3. The summed E-state index contributed by atoms with van der Waals surface area (Å²) in [4.78, 5) is 14.7. The predicted molar refractivity (Wildman–Crippen MR) is 98.7 cm³/mol. The lowest BCUT2D eigenvalue weighted by Gasteiger charge is -1.98. The van der Waals surface area contributed by atoms with E-state index in [2.05, 4.69) is 17.9 Å². The van der Waals surface area contributed by atoms with Crippen LogP contribution in [0.15, 0.2) is 48.3 Å². The quantitative estimate of drug-likeness (QED) is 0.0956. The van der Waals surface area contributed by atoms with E-state index >= 15 is 0 Å². The summed E-state index contributed by atoms with van der Waals surface area (Å²) >= 11 is 0. The lowest BCUT2D eigenvalue weighted by Crippen LogP contribution is -1.92. The molecule has 0 amide bonds. The normalized spacial score (nSPS) is 12.7. The fourth-order valence-electron chi connectivity index (χ4n) is 2.06. The molecule has 0 fully saturated rings. The van der Waals surface area contributed by atoms with Gasteiger partial charge in [-0.1, -0.05) is 56.2 Å². The maximum Gasteiger partial charge on any atom is 0.303 e. The van der Waals surface area contributed by atoms with Crippen LogP contribution in [0.4, 0.5) is 0 Å². The van der Waals surface area contributed by atoms with Gasteiger partial charge in [-0.2, -0.15) is 0 Å². The Hall–Kier alpha value is -1.81. The molecule has 0 heterocycles. The van der Waals surface area contributed by atoms with Gasteiger partial charge in [-0.25, -0.2) is 5.26 Å². The molecule has 0 atom stereocenters. The van der Waals surface area contributed by atoms with E-state index in [1.807, 2.05) is 36.5 Å². The number of allylic oxidation sites excluding steroid dienone is 7. The molecule has 0 aliphatic heterocycles. The first-order valence-corrected chi connectivity index (χ1v) is 8.89. The molecule has 0 bridgehead atoms. The third-order valence-electron chi connectivity index (χ3n) is 3.45. The first kappa shape index (κ1) is 22.2. The van der Waals surface area contributed by atoms with Gasteiger partial charge < -0.3 is 9.99 Å². The van der Waals surface area contributed by atoms with Crippen molar-refractivity contribution in [1.29, 1.82) is 0 Å². The molecule has 0 spiro atoms. The fourth-order valence-corrected chi connectivity index (χ4v) is 2.06. The number of unbranched alkanes of at least 4 members (excludes halogenated alkanes) is 5. The van der Waals surface area contributed by atoms with Crippen LogP contribution in [0, 0.1) is 0 Å². The third kappa shape index (κ3) is 16.6. The van der Waals surface area contributed by atoms with Gasteiger partial charge in [0.05, 0.1) is 0 Å². The Labute approximate surface area is 146 Å². The zero-order chi connectivity index (χ0) is 17.9. The number of hydrogen-bond donors (Lipinski definition) is 2. The Morgan fingerprint density at radius 2 is 1.67 bits per heavy atom. The summed E-state index contributed by atoms with van der Waals surface area (Å²) < 4.78 is 0. The molecule has 24 heavy (non-hydrogen) atoms. The van der Waals surface area contributed by atoms with Gasteiger partial charge in [0.25, 0.3) is 0 Å². The maximum absolute atomic E-state index is 10.3. The minimum Gasteiger partial charge on any atom is -0.481 e. The molecular formula is C20H32O4. The zero-order valence-corrected chi connectivity index (χ0v) is 14.8. The second-order valence-corrected chi connectivity index (χ2v) is 5.66. The van der Waals surface area contributed by atoms with Gasteiger partial charge in [0.1, 0.15) is 5.76 Å². The SMILES string of the molecule is CCCCCC=CCC(=CCC=CC=CCCCCC(=O)O)OO. The third-order valence-corrected chi connectivity index (χ3v) is 3.45. The summed E-state index contributed by atoms with van der Waals surface area (Å²) in [6.45, 7) is 2.19. The van der Waals surface area contributed by atoms with Crippen molar-refractivity contribution in [1.82, 2.24) is 0 Å². The highest BCUT2D eigenvalue weighted by Gasteiger charge is 1.94. The Morgan fingerprint density at radius 3 is 2.38 bits per heavy atom. The standard InChI is InChI=1S/C20H32O4/c1-2-3-4-5-10-13-16-19(24-23)17-14-11-8-6-7-9-12-15-18-20(21)22/h6-8,10-11,13,17,23H,2-5,9,12,14-16,18H2,1H3,(H,21,22). The summed E-state index contributed by atoms with van der Waals surface area (Å²) in [5.74, 6) is -0.174. The van der Waals surface area contributed by atoms with Gasteiger partial charge in [0.15, 0.2) is 0 Å². The van der Waals surface area contributed by atoms with Crippen molar-refractivity contribution in [2.75, 3.05) is 0 Å². The van der Waals surface area contributed by atoms with Crippen LogP contribution in [-0.4, -0.2) is 16.3 Å². The molecule has 2 N–H and O–H groups in total. The van der Waals surface area contributed by atoms with E-state index in [9.17, 15) is 4.79 Å². The molecule has 0 aliphatic carbocycles. The number of aliphatic carboxylic acids is 1. The smallest absolute Gasteiger partial charge is 0.303 e. The van der Waals surface area contributed by atoms with E-state index in [0.717, 1.165) is 25.7 Å². The Bertz CT molecular complexity index is 419. The van der Waals surface area contributed by atoms with Crippen LogP contribution in [0.5, 0.6) is 0 Å². The van der Waals surface area contributed by atoms with Gasteiger partial charge >= 0.3 is 5.97 Å². The van der Waals surface area contributed by atoms with Gasteiger partial charge in [0.2, 0.25) is 0 Å². The topological polar surface area (TPSA) is 66.8 Å². The van der Waals surface area contributed by atoms with Crippen molar-refractivity contribution in [3.63, 3.8) is 0 Å². The summed E-state index contributed by atoms with van der Waals surface area (Å²) in [6.07, 6.45) is 22.7. The minimum atomic E-state index is -0.733. The second kappa shape index (κ2) is 17.5. The highest BCUT2D eigenvalue weighted by atomic mass is 17.1. The van der Waals surface area contributed by atoms with Crippen LogP contribution in [0.2, 0.25) is 0 Å². The molecule has 0 aliphatic rings. The molecule has 0 saturated heterocycles. The highest BCUT2D eigenvalue weighted by Crippen LogP contribution is 2.07. The molecule has 136 valence electrons. The van der Waals surface area contributed by atoms with Crippen molar-refractivity contribution >= 4 is 5.97 Å².